The van der Waals surface area contributed by atoms with Crippen LogP contribution in [0.3, 0.4) is 0 Å². The van der Waals surface area contributed by atoms with Crippen LogP contribution in [-0.4, -0.2) is 13.0 Å². The highest BCUT2D eigenvalue weighted by atomic mass is 16.1. The van der Waals surface area contributed by atoms with Crippen molar-refractivity contribution in [3.63, 3.8) is 0 Å². The summed E-state index contributed by atoms with van der Waals surface area (Å²) in [7, 11) is 1.76. The first-order valence-corrected chi connectivity index (χ1v) is 4.17. The van der Waals surface area contributed by atoms with E-state index in [4.69, 9.17) is 5.26 Å². The molecule has 1 rings (SSSR count). The van der Waals surface area contributed by atoms with E-state index in [1.165, 1.54) is 6.92 Å². The van der Waals surface area contributed by atoms with Crippen LogP contribution in [0.5, 0.6) is 0 Å². The number of carbonyl (C=O) groups is 1. The fourth-order valence-electron chi connectivity index (χ4n) is 1.12. The number of anilines is 2. The molecule has 0 unspecified atom stereocenters. The van der Waals surface area contributed by atoms with E-state index in [1.807, 2.05) is 6.07 Å². The molecule has 0 saturated heterocycles. The second-order valence-electron chi connectivity index (χ2n) is 2.80. The standard InChI is InChI=1S/C10H11N3O/c1-7(14)13-10-5-8(6-11)3-4-9(10)12-2/h3-5,12H,1-2H3,(H,13,14). The molecule has 14 heavy (non-hydrogen) atoms. The summed E-state index contributed by atoms with van der Waals surface area (Å²) in [4.78, 5) is 10.9. The molecule has 0 spiro atoms. The maximum atomic E-state index is 10.9. The topological polar surface area (TPSA) is 64.9 Å². The minimum atomic E-state index is -0.156. The van der Waals surface area contributed by atoms with Gasteiger partial charge in [-0.3, -0.25) is 4.79 Å². The van der Waals surface area contributed by atoms with Gasteiger partial charge in [0.15, 0.2) is 0 Å². The molecule has 0 aromatic heterocycles. The van der Waals surface area contributed by atoms with Gasteiger partial charge in [0.05, 0.1) is 23.0 Å². The summed E-state index contributed by atoms with van der Waals surface area (Å²) >= 11 is 0. The number of nitriles is 1. The van der Waals surface area contributed by atoms with E-state index < -0.39 is 0 Å². The smallest absolute Gasteiger partial charge is 0.221 e. The van der Waals surface area contributed by atoms with Gasteiger partial charge in [-0.1, -0.05) is 0 Å². The summed E-state index contributed by atoms with van der Waals surface area (Å²) < 4.78 is 0. The molecule has 0 atom stereocenters. The van der Waals surface area contributed by atoms with E-state index in [0.717, 1.165) is 5.69 Å². The Kier molecular flexibility index (Phi) is 3.08. The summed E-state index contributed by atoms with van der Waals surface area (Å²) in [5.41, 5.74) is 1.94. The van der Waals surface area contributed by atoms with Crippen molar-refractivity contribution in [1.29, 1.82) is 5.26 Å². The zero-order valence-electron chi connectivity index (χ0n) is 8.09. The predicted octanol–water partition coefficient (Wildman–Crippen LogP) is 1.56. The van der Waals surface area contributed by atoms with E-state index >= 15 is 0 Å². The second kappa shape index (κ2) is 4.28. The number of hydrogen-bond acceptors (Lipinski definition) is 3. The number of nitrogens with one attached hydrogen (secondary N) is 2. The number of benzene rings is 1. The van der Waals surface area contributed by atoms with Crippen molar-refractivity contribution in [3.8, 4) is 6.07 Å². The first-order valence-electron chi connectivity index (χ1n) is 4.17. The monoisotopic (exact) mass is 189 g/mol. The molecule has 0 radical (unpaired) electrons. The third-order valence-electron chi connectivity index (χ3n) is 1.73. The van der Waals surface area contributed by atoms with Crippen LogP contribution in [0.2, 0.25) is 0 Å². The highest BCUT2D eigenvalue weighted by Gasteiger charge is 2.03. The fraction of sp³-hybridized carbons (Fsp3) is 0.200. The molecule has 0 aliphatic rings. The lowest BCUT2D eigenvalue weighted by molar-refractivity contribution is -0.114. The van der Waals surface area contributed by atoms with Crippen molar-refractivity contribution in [2.75, 3.05) is 17.7 Å². The maximum absolute atomic E-state index is 10.9. The molecule has 1 amide bonds. The minimum Gasteiger partial charge on any atom is -0.386 e. The molecule has 4 heteroatoms. The van der Waals surface area contributed by atoms with Gasteiger partial charge in [0.1, 0.15) is 0 Å². The molecular formula is C10H11N3O. The molecule has 0 fully saturated rings. The molecule has 0 aliphatic heterocycles. The van der Waals surface area contributed by atoms with Gasteiger partial charge in [-0.15, -0.1) is 0 Å². The van der Waals surface area contributed by atoms with E-state index in [1.54, 1.807) is 25.2 Å². The lowest BCUT2D eigenvalue weighted by Crippen LogP contribution is -2.08. The zero-order valence-corrected chi connectivity index (χ0v) is 8.09. The Morgan fingerprint density at radius 3 is 2.64 bits per heavy atom. The number of nitrogens with zero attached hydrogens (tertiary/aromatic N) is 1. The highest BCUT2D eigenvalue weighted by molar-refractivity contribution is 5.92. The predicted molar refractivity (Wildman–Crippen MR) is 55.0 cm³/mol. The van der Waals surface area contributed by atoms with Gasteiger partial charge in [-0.25, -0.2) is 0 Å². The van der Waals surface area contributed by atoms with E-state index in [-0.39, 0.29) is 5.91 Å². The van der Waals surface area contributed by atoms with Gasteiger partial charge < -0.3 is 10.6 Å². The van der Waals surface area contributed by atoms with Crippen molar-refractivity contribution in [1.82, 2.24) is 0 Å². The normalized spacial score (nSPS) is 8.93. The molecule has 0 aliphatic carbocycles. The largest absolute Gasteiger partial charge is 0.386 e. The van der Waals surface area contributed by atoms with E-state index in [0.29, 0.717) is 11.3 Å². The summed E-state index contributed by atoms with van der Waals surface area (Å²) in [5, 5.41) is 14.3. The fourth-order valence-corrected chi connectivity index (χ4v) is 1.12. The number of amides is 1. The SMILES string of the molecule is CNc1ccc(C#N)cc1NC(C)=O. The second-order valence-corrected chi connectivity index (χ2v) is 2.80. The van der Waals surface area contributed by atoms with Crippen molar-refractivity contribution >= 4 is 17.3 Å². The lowest BCUT2D eigenvalue weighted by Gasteiger charge is -2.09. The third kappa shape index (κ3) is 2.23. The van der Waals surface area contributed by atoms with Crippen molar-refractivity contribution in [2.45, 2.75) is 6.92 Å². The highest BCUT2D eigenvalue weighted by Crippen LogP contribution is 2.22. The van der Waals surface area contributed by atoms with Crippen LogP contribution in [0.25, 0.3) is 0 Å². The number of hydrogen-bond donors (Lipinski definition) is 2. The van der Waals surface area contributed by atoms with Gasteiger partial charge in [-0.05, 0) is 18.2 Å². The molecule has 72 valence electrons. The maximum Gasteiger partial charge on any atom is 0.221 e. The van der Waals surface area contributed by atoms with Crippen molar-refractivity contribution in [3.05, 3.63) is 23.8 Å². The lowest BCUT2D eigenvalue weighted by atomic mass is 10.2. The number of carbonyl (C=O) groups excluding carboxylic acids is 1. The van der Waals surface area contributed by atoms with Gasteiger partial charge in [-0.2, -0.15) is 5.26 Å². The van der Waals surface area contributed by atoms with Gasteiger partial charge >= 0.3 is 0 Å². The first kappa shape index (κ1) is 10.1. The Bertz CT molecular complexity index is 393. The Balaban J connectivity index is 3.09. The Labute approximate surface area is 82.5 Å². The average Bonchev–Trinajstić information content (AvgIpc) is 2.16. The number of rotatable bonds is 2. The molecule has 2 N–H and O–H groups in total. The van der Waals surface area contributed by atoms with Crippen molar-refractivity contribution in [2.24, 2.45) is 0 Å². The molecule has 1 aromatic carbocycles. The van der Waals surface area contributed by atoms with Crippen LogP contribution >= 0.6 is 0 Å². The van der Waals surface area contributed by atoms with Crippen LogP contribution in [0.15, 0.2) is 18.2 Å². The zero-order chi connectivity index (χ0) is 10.6. The molecule has 0 saturated carbocycles. The van der Waals surface area contributed by atoms with Crippen LogP contribution in [0, 0.1) is 11.3 Å². The van der Waals surface area contributed by atoms with Crippen LogP contribution in [0.1, 0.15) is 12.5 Å². The molecule has 4 nitrogen and oxygen atoms in total. The minimum absolute atomic E-state index is 0.156. The third-order valence-corrected chi connectivity index (χ3v) is 1.73. The Morgan fingerprint density at radius 2 is 2.14 bits per heavy atom. The van der Waals surface area contributed by atoms with E-state index in [9.17, 15) is 4.79 Å². The van der Waals surface area contributed by atoms with E-state index in [2.05, 4.69) is 10.6 Å². The van der Waals surface area contributed by atoms with Gasteiger partial charge in [0, 0.05) is 14.0 Å². The summed E-state index contributed by atoms with van der Waals surface area (Å²) in [5.74, 6) is -0.156. The average molecular weight is 189 g/mol. The van der Waals surface area contributed by atoms with Crippen molar-refractivity contribution < 1.29 is 4.79 Å². The van der Waals surface area contributed by atoms with Crippen LogP contribution < -0.4 is 10.6 Å². The summed E-state index contributed by atoms with van der Waals surface area (Å²) in [6.45, 7) is 1.43. The Morgan fingerprint density at radius 1 is 1.43 bits per heavy atom. The molecule has 0 bridgehead atoms. The summed E-state index contributed by atoms with van der Waals surface area (Å²) in [6, 6.07) is 7.09. The first-order chi connectivity index (χ1) is 6.67. The van der Waals surface area contributed by atoms with Gasteiger partial charge in [0.25, 0.3) is 0 Å². The summed E-state index contributed by atoms with van der Waals surface area (Å²) in [6.07, 6.45) is 0. The van der Waals surface area contributed by atoms with Crippen LogP contribution in [0.4, 0.5) is 11.4 Å². The molecule has 0 heterocycles. The molecular weight excluding hydrogens is 178 g/mol. The molecule has 1 aromatic rings. The Hall–Kier alpha value is -2.02. The van der Waals surface area contributed by atoms with Crippen LogP contribution in [-0.2, 0) is 4.79 Å². The quantitative estimate of drug-likeness (QED) is 0.742. The van der Waals surface area contributed by atoms with Gasteiger partial charge in [0.2, 0.25) is 5.91 Å².